The largest absolute Gasteiger partial charge is 0.497 e. The molecule has 0 aliphatic carbocycles. The van der Waals surface area contributed by atoms with Gasteiger partial charge in [0.1, 0.15) is 17.4 Å². The fourth-order valence-electron chi connectivity index (χ4n) is 5.69. The molecule has 3 aromatic rings. The molecule has 2 aliphatic heterocycles. The number of nitrogens with zero attached hydrogens (tertiary/aromatic N) is 4. The Bertz CT molecular complexity index is 1200. The maximum absolute atomic E-state index is 13.0. The zero-order valence-electron chi connectivity index (χ0n) is 19.7. The lowest BCUT2D eigenvalue weighted by atomic mass is 9.76. The monoisotopic (exact) mass is 444 g/mol. The van der Waals surface area contributed by atoms with Crippen molar-refractivity contribution in [3.63, 3.8) is 0 Å². The Labute approximate surface area is 195 Å². The van der Waals surface area contributed by atoms with E-state index in [4.69, 9.17) is 9.72 Å². The van der Waals surface area contributed by atoms with Crippen LogP contribution in [0.3, 0.4) is 0 Å². The molecule has 5 rings (SSSR count). The molecule has 4 heterocycles. The van der Waals surface area contributed by atoms with Crippen LogP contribution in [0.15, 0.2) is 53.3 Å². The summed E-state index contributed by atoms with van der Waals surface area (Å²) >= 11 is 0. The number of aryl methyl sites for hydroxylation is 2. The van der Waals surface area contributed by atoms with Crippen LogP contribution in [0.5, 0.6) is 5.75 Å². The standard InChI is InChI=1S/C27H32N4O2/c1-4-7-22-15-26(29-18(2)28-22)30-16-20-14-21(17-30)25(31-24(20)10-6-11-27(31)32)13-19-8-5-9-23(12-19)33-3/h5-6,8-12,15,20-21,25H,4,7,13-14,16-17H2,1-3H3/t20-,21+,25+/m1/s1. The molecule has 0 spiro atoms. The summed E-state index contributed by atoms with van der Waals surface area (Å²) in [4.78, 5) is 24.9. The minimum Gasteiger partial charge on any atom is -0.497 e. The zero-order valence-corrected chi connectivity index (χ0v) is 19.7. The molecule has 6 heteroatoms. The van der Waals surface area contributed by atoms with Crippen molar-refractivity contribution >= 4 is 5.82 Å². The molecule has 6 nitrogen and oxygen atoms in total. The number of benzene rings is 1. The normalized spacial score (nSPS) is 21.5. The van der Waals surface area contributed by atoms with Crippen molar-refractivity contribution in [2.75, 3.05) is 25.1 Å². The second-order valence-corrected chi connectivity index (χ2v) is 9.39. The fourth-order valence-corrected chi connectivity index (χ4v) is 5.69. The van der Waals surface area contributed by atoms with Crippen molar-refractivity contribution in [2.45, 2.75) is 51.5 Å². The van der Waals surface area contributed by atoms with Crippen LogP contribution in [0.2, 0.25) is 0 Å². The van der Waals surface area contributed by atoms with E-state index >= 15 is 0 Å². The van der Waals surface area contributed by atoms with E-state index < -0.39 is 0 Å². The van der Waals surface area contributed by atoms with Gasteiger partial charge in [-0.1, -0.05) is 31.5 Å². The number of aromatic nitrogens is 3. The van der Waals surface area contributed by atoms with Gasteiger partial charge < -0.3 is 14.2 Å². The van der Waals surface area contributed by atoms with Crippen molar-refractivity contribution in [3.05, 3.63) is 81.7 Å². The van der Waals surface area contributed by atoms with Crippen LogP contribution in [0.1, 0.15) is 54.5 Å². The summed E-state index contributed by atoms with van der Waals surface area (Å²) in [5.74, 6) is 3.40. The van der Waals surface area contributed by atoms with Gasteiger partial charge in [0.05, 0.1) is 7.11 Å². The lowest BCUT2D eigenvalue weighted by Crippen LogP contribution is -2.50. The summed E-state index contributed by atoms with van der Waals surface area (Å²) in [6.45, 7) is 5.94. The summed E-state index contributed by atoms with van der Waals surface area (Å²) in [6.07, 6.45) is 3.94. The molecule has 33 heavy (non-hydrogen) atoms. The summed E-state index contributed by atoms with van der Waals surface area (Å²) in [6, 6.07) is 16.2. The highest BCUT2D eigenvalue weighted by molar-refractivity contribution is 5.43. The number of pyridine rings is 1. The maximum Gasteiger partial charge on any atom is 0.251 e. The molecule has 0 radical (unpaired) electrons. The molecule has 172 valence electrons. The Morgan fingerprint density at radius 2 is 1.94 bits per heavy atom. The van der Waals surface area contributed by atoms with E-state index in [1.54, 1.807) is 13.2 Å². The first kappa shape index (κ1) is 21.7. The Balaban J connectivity index is 1.52. The van der Waals surface area contributed by atoms with Crippen LogP contribution in [-0.2, 0) is 12.8 Å². The number of anilines is 1. The first-order valence-electron chi connectivity index (χ1n) is 12.0. The molecule has 1 aromatic carbocycles. The van der Waals surface area contributed by atoms with Gasteiger partial charge in [-0.3, -0.25) is 4.79 Å². The van der Waals surface area contributed by atoms with Crippen molar-refractivity contribution in [3.8, 4) is 5.75 Å². The lowest BCUT2D eigenvalue weighted by Gasteiger charge is -2.47. The molecule has 0 saturated carbocycles. The highest BCUT2D eigenvalue weighted by atomic mass is 16.5. The molecule has 2 aliphatic rings. The van der Waals surface area contributed by atoms with Crippen LogP contribution < -0.4 is 15.2 Å². The van der Waals surface area contributed by atoms with Gasteiger partial charge in [-0.2, -0.15) is 0 Å². The minimum absolute atomic E-state index is 0.103. The van der Waals surface area contributed by atoms with Crippen LogP contribution in [-0.4, -0.2) is 34.7 Å². The molecular weight excluding hydrogens is 412 g/mol. The van der Waals surface area contributed by atoms with Gasteiger partial charge in [0.2, 0.25) is 0 Å². The number of fused-ring (bicyclic) bond motifs is 4. The molecule has 0 unspecified atom stereocenters. The lowest BCUT2D eigenvalue weighted by molar-refractivity contribution is 0.211. The number of methoxy groups -OCH3 is 1. The summed E-state index contributed by atoms with van der Waals surface area (Å²) in [5.41, 5.74) is 3.56. The molecule has 3 atom stereocenters. The zero-order chi connectivity index (χ0) is 22.9. The summed E-state index contributed by atoms with van der Waals surface area (Å²) in [7, 11) is 1.69. The third kappa shape index (κ3) is 4.26. The Kier molecular flexibility index (Phi) is 5.92. The predicted octanol–water partition coefficient (Wildman–Crippen LogP) is 4.32. The first-order chi connectivity index (χ1) is 16.1. The van der Waals surface area contributed by atoms with Gasteiger partial charge >= 0.3 is 0 Å². The van der Waals surface area contributed by atoms with Crippen LogP contribution in [0, 0.1) is 12.8 Å². The van der Waals surface area contributed by atoms with Crippen LogP contribution in [0.25, 0.3) is 0 Å². The minimum atomic E-state index is 0.103. The maximum atomic E-state index is 13.0. The number of rotatable bonds is 6. The van der Waals surface area contributed by atoms with Gasteiger partial charge in [0.25, 0.3) is 5.56 Å². The van der Waals surface area contributed by atoms with E-state index in [0.717, 1.165) is 67.6 Å². The third-order valence-electron chi connectivity index (χ3n) is 7.09. The van der Waals surface area contributed by atoms with Gasteiger partial charge in [-0.15, -0.1) is 0 Å². The summed E-state index contributed by atoms with van der Waals surface area (Å²) in [5, 5.41) is 0. The van der Waals surface area contributed by atoms with Crippen LogP contribution >= 0.6 is 0 Å². The van der Waals surface area contributed by atoms with E-state index in [1.807, 2.05) is 25.1 Å². The number of hydrogen-bond donors (Lipinski definition) is 0. The molecule has 0 amide bonds. The Morgan fingerprint density at radius 3 is 2.76 bits per heavy atom. The highest BCUT2D eigenvalue weighted by Gasteiger charge is 2.41. The quantitative estimate of drug-likeness (QED) is 0.567. The molecule has 0 N–H and O–H groups in total. The highest BCUT2D eigenvalue weighted by Crippen LogP contribution is 2.43. The smallest absolute Gasteiger partial charge is 0.251 e. The summed E-state index contributed by atoms with van der Waals surface area (Å²) < 4.78 is 7.52. The molecule has 2 bridgehead atoms. The van der Waals surface area contributed by atoms with Crippen LogP contribution in [0.4, 0.5) is 5.82 Å². The SMILES string of the molecule is CCCc1cc(N2C[C@H]3C[C@@H](C2)[C@H](Cc2cccc(OC)c2)n2c3cccc2=O)nc(C)n1. The fraction of sp³-hybridized carbons (Fsp3) is 0.444. The Morgan fingerprint density at radius 1 is 1.09 bits per heavy atom. The molecular formula is C27H32N4O2. The van der Waals surface area contributed by atoms with E-state index in [2.05, 4.69) is 45.6 Å². The van der Waals surface area contributed by atoms with Gasteiger partial charge in [0, 0.05) is 48.6 Å². The van der Waals surface area contributed by atoms with Gasteiger partial charge in [-0.05, 0) is 55.9 Å². The van der Waals surface area contributed by atoms with E-state index in [-0.39, 0.29) is 11.6 Å². The van der Waals surface area contributed by atoms with E-state index in [0.29, 0.717) is 11.8 Å². The van der Waals surface area contributed by atoms with Gasteiger partial charge in [0.15, 0.2) is 0 Å². The van der Waals surface area contributed by atoms with E-state index in [9.17, 15) is 4.79 Å². The number of hydrogen-bond acceptors (Lipinski definition) is 5. The van der Waals surface area contributed by atoms with Gasteiger partial charge in [-0.25, -0.2) is 9.97 Å². The molecule has 1 fully saturated rings. The average Bonchev–Trinajstić information content (AvgIpc) is 2.82. The van der Waals surface area contributed by atoms with Crippen molar-refractivity contribution in [1.82, 2.24) is 14.5 Å². The first-order valence-corrected chi connectivity index (χ1v) is 12.0. The van der Waals surface area contributed by atoms with Crippen molar-refractivity contribution in [2.24, 2.45) is 5.92 Å². The predicted molar refractivity (Wildman–Crippen MR) is 130 cm³/mol. The topological polar surface area (TPSA) is 60.2 Å². The van der Waals surface area contributed by atoms with Crippen molar-refractivity contribution < 1.29 is 4.74 Å². The second kappa shape index (κ2) is 9.00. The Hall–Kier alpha value is -3.15. The van der Waals surface area contributed by atoms with E-state index in [1.165, 1.54) is 5.56 Å². The number of ether oxygens (including phenoxy) is 1. The molecule has 1 saturated heterocycles. The second-order valence-electron chi connectivity index (χ2n) is 9.39. The average molecular weight is 445 g/mol. The molecule has 2 aromatic heterocycles. The van der Waals surface area contributed by atoms with Crippen molar-refractivity contribution in [1.29, 1.82) is 0 Å². The number of piperidine rings is 1. The third-order valence-corrected chi connectivity index (χ3v) is 7.09.